The molecule has 0 aliphatic carbocycles. The highest BCUT2D eigenvalue weighted by Gasteiger charge is 2.35. The summed E-state index contributed by atoms with van der Waals surface area (Å²) in [7, 11) is 0. The van der Waals surface area contributed by atoms with Crippen molar-refractivity contribution in [1.29, 1.82) is 0 Å². The third-order valence-electron chi connectivity index (χ3n) is 6.15. The zero-order valence-corrected chi connectivity index (χ0v) is 20.5. The molecule has 2 amide bonds. The van der Waals surface area contributed by atoms with Crippen LogP contribution in [0.3, 0.4) is 0 Å². The molecule has 0 aromatic heterocycles. The zero-order valence-electron chi connectivity index (χ0n) is 20.5. The topological polar surface area (TPSA) is 58.6 Å². The van der Waals surface area contributed by atoms with E-state index in [0.29, 0.717) is 23.9 Å². The van der Waals surface area contributed by atoms with E-state index in [-0.39, 0.29) is 24.2 Å². The van der Waals surface area contributed by atoms with Gasteiger partial charge in [0.2, 0.25) is 11.8 Å². The second kappa shape index (κ2) is 9.72. The van der Waals surface area contributed by atoms with Crippen LogP contribution in [0.2, 0.25) is 0 Å². The lowest BCUT2D eigenvalue weighted by atomic mass is 10.0. The minimum atomic E-state index is -0.384. The second-order valence-corrected chi connectivity index (χ2v) is 9.56. The van der Waals surface area contributed by atoms with Gasteiger partial charge < -0.3 is 15.0 Å². The second-order valence-electron chi connectivity index (χ2n) is 9.56. The first-order chi connectivity index (χ1) is 16.2. The van der Waals surface area contributed by atoms with Gasteiger partial charge in [-0.2, -0.15) is 0 Å². The lowest BCUT2D eigenvalue weighted by molar-refractivity contribution is -0.122. The van der Waals surface area contributed by atoms with Crippen LogP contribution in [0.4, 0.5) is 11.4 Å². The Bertz CT molecular complexity index is 1190. The van der Waals surface area contributed by atoms with Crippen molar-refractivity contribution in [3.05, 3.63) is 82.9 Å². The van der Waals surface area contributed by atoms with Gasteiger partial charge in [-0.15, -0.1) is 0 Å². The zero-order chi connectivity index (χ0) is 24.4. The van der Waals surface area contributed by atoms with Gasteiger partial charge in [-0.25, -0.2) is 0 Å². The number of carbonyl (C=O) groups excluding carboxylic acids is 2. The Balaban J connectivity index is 1.41. The summed E-state index contributed by atoms with van der Waals surface area (Å²) >= 11 is 0. The molecule has 1 heterocycles. The van der Waals surface area contributed by atoms with Crippen LogP contribution in [0, 0.1) is 26.7 Å². The number of aryl methyl sites for hydroxylation is 3. The maximum absolute atomic E-state index is 12.9. The Hall–Kier alpha value is -3.60. The van der Waals surface area contributed by atoms with Crippen LogP contribution < -0.4 is 15.0 Å². The molecule has 0 saturated carbocycles. The highest BCUT2D eigenvalue weighted by atomic mass is 16.5. The van der Waals surface area contributed by atoms with Crippen molar-refractivity contribution < 1.29 is 14.3 Å². The Labute approximate surface area is 201 Å². The van der Waals surface area contributed by atoms with Crippen LogP contribution in [0.1, 0.15) is 48.4 Å². The molecule has 1 aliphatic rings. The van der Waals surface area contributed by atoms with Gasteiger partial charge >= 0.3 is 0 Å². The number of nitrogens with one attached hydrogen (secondary N) is 1. The summed E-state index contributed by atoms with van der Waals surface area (Å²) in [4.78, 5) is 27.2. The van der Waals surface area contributed by atoms with E-state index >= 15 is 0 Å². The summed E-state index contributed by atoms with van der Waals surface area (Å²) < 4.78 is 6.14. The summed E-state index contributed by atoms with van der Waals surface area (Å²) in [5.41, 5.74) is 6.04. The van der Waals surface area contributed by atoms with E-state index in [2.05, 4.69) is 37.4 Å². The van der Waals surface area contributed by atoms with E-state index in [4.69, 9.17) is 4.74 Å². The first-order valence-electron chi connectivity index (χ1n) is 11.8. The molecule has 5 heteroatoms. The third kappa shape index (κ3) is 5.30. The first-order valence-corrected chi connectivity index (χ1v) is 11.8. The molecule has 0 radical (unpaired) electrons. The Morgan fingerprint density at radius 1 is 0.941 bits per heavy atom. The molecule has 1 N–H and O–H groups in total. The van der Waals surface area contributed by atoms with E-state index in [1.807, 2.05) is 63.2 Å². The fourth-order valence-electron chi connectivity index (χ4n) is 4.42. The van der Waals surface area contributed by atoms with Gasteiger partial charge in [-0.3, -0.25) is 9.59 Å². The highest BCUT2D eigenvalue weighted by Crippen LogP contribution is 2.32. The van der Waals surface area contributed by atoms with E-state index in [9.17, 15) is 9.59 Å². The summed E-state index contributed by atoms with van der Waals surface area (Å²) in [5, 5.41) is 2.96. The SMILES string of the molecule is Cc1cc(C)cc(N2C[C@@H](C(=O)Nc3ccc(Oc4cc(C)ccc4C(C)C)cc3)CC2=O)c1. The maximum atomic E-state index is 12.9. The van der Waals surface area contributed by atoms with Crippen LogP contribution in [-0.4, -0.2) is 18.4 Å². The number of hydrogen-bond acceptors (Lipinski definition) is 3. The molecule has 5 nitrogen and oxygen atoms in total. The van der Waals surface area contributed by atoms with Crippen LogP contribution in [0.5, 0.6) is 11.5 Å². The molecule has 0 spiro atoms. The fourth-order valence-corrected chi connectivity index (χ4v) is 4.42. The number of hydrogen-bond donors (Lipinski definition) is 1. The minimum absolute atomic E-state index is 0.0204. The number of carbonyl (C=O) groups is 2. The molecule has 34 heavy (non-hydrogen) atoms. The molecule has 1 fully saturated rings. The smallest absolute Gasteiger partial charge is 0.229 e. The number of anilines is 2. The molecule has 3 aromatic rings. The van der Waals surface area contributed by atoms with E-state index in [1.54, 1.807) is 4.90 Å². The van der Waals surface area contributed by atoms with Crippen LogP contribution >= 0.6 is 0 Å². The summed E-state index contributed by atoms with van der Waals surface area (Å²) in [6.07, 6.45) is 0.214. The summed E-state index contributed by atoms with van der Waals surface area (Å²) in [6.45, 7) is 10.7. The van der Waals surface area contributed by atoms with E-state index in [0.717, 1.165) is 33.7 Å². The standard InChI is InChI=1S/C29H32N2O3/c1-18(2)26-11-6-19(3)15-27(26)34-25-9-7-23(8-10-25)30-29(33)22-16-28(32)31(17-22)24-13-20(4)12-21(5)14-24/h6-15,18,22H,16-17H2,1-5H3,(H,30,33)/t22-/m0/s1. The number of rotatable bonds is 6. The molecule has 0 bridgehead atoms. The predicted molar refractivity (Wildman–Crippen MR) is 137 cm³/mol. The van der Waals surface area contributed by atoms with Crippen LogP contribution in [0.25, 0.3) is 0 Å². The van der Waals surface area contributed by atoms with Gasteiger partial charge in [-0.1, -0.05) is 32.0 Å². The number of benzene rings is 3. The lowest BCUT2D eigenvalue weighted by Gasteiger charge is -2.18. The van der Waals surface area contributed by atoms with Crippen LogP contribution in [-0.2, 0) is 9.59 Å². The van der Waals surface area contributed by atoms with Crippen molar-refractivity contribution in [3.8, 4) is 11.5 Å². The first kappa shape index (κ1) is 23.6. The van der Waals surface area contributed by atoms with Gasteiger partial charge in [0.25, 0.3) is 0 Å². The van der Waals surface area contributed by atoms with Gasteiger partial charge in [0.15, 0.2) is 0 Å². The molecule has 0 unspecified atom stereocenters. The maximum Gasteiger partial charge on any atom is 0.229 e. The third-order valence-corrected chi connectivity index (χ3v) is 6.15. The lowest BCUT2D eigenvalue weighted by Crippen LogP contribution is -2.28. The molecule has 1 aliphatic heterocycles. The fraction of sp³-hybridized carbons (Fsp3) is 0.310. The van der Waals surface area contributed by atoms with Gasteiger partial charge in [0.05, 0.1) is 5.92 Å². The normalized spacial score (nSPS) is 15.6. The minimum Gasteiger partial charge on any atom is -0.457 e. The van der Waals surface area contributed by atoms with Crippen molar-refractivity contribution in [2.45, 2.75) is 47.0 Å². The Kier molecular flexibility index (Phi) is 6.73. The Morgan fingerprint density at radius 3 is 2.26 bits per heavy atom. The van der Waals surface area contributed by atoms with Gasteiger partial charge in [0, 0.05) is 24.3 Å². The average molecular weight is 457 g/mol. The van der Waals surface area contributed by atoms with Gasteiger partial charge in [-0.05, 0) is 91.4 Å². The van der Waals surface area contributed by atoms with Crippen molar-refractivity contribution >= 4 is 23.2 Å². The highest BCUT2D eigenvalue weighted by molar-refractivity contribution is 6.03. The number of ether oxygens (including phenoxy) is 1. The van der Waals surface area contributed by atoms with Crippen molar-refractivity contribution in [1.82, 2.24) is 0 Å². The van der Waals surface area contributed by atoms with Gasteiger partial charge in [0.1, 0.15) is 11.5 Å². The predicted octanol–water partition coefficient (Wildman–Crippen LogP) is 6.52. The van der Waals surface area contributed by atoms with E-state index in [1.165, 1.54) is 0 Å². The molecule has 1 saturated heterocycles. The van der Waals surface area contributed by atoms with E-state index < -0.39 is 0 Å². The summed E-state index contributed by atoms with van der Waals surface area (Å²) in [6, 6.07) is 19.7. The molecule has 1 atom stereocenters. The Morgan fingerprint density at radius 2 is 1.62 bits per heavy atom. The summed E-state index contributed by atoms with van der Waals surface area (Å²) in [5.74, 6) is 1.37. The van der Waals surface area contributed by atoms with Crippen molar-refractivity contribution in [2.75, 3.05) is 16.8 Å². The molecule has 4 rings (SSSR count). The van der Waals surface area contributed by atoms with Crippen LogP contribution in [0.15, 0.2) is 60.7 Å². The molecule has 3 aromatic carbocycles. The quantitative estimate of drug-likeness (QED) is 0.459. The van der Waals surface area contributed by atoms with Crippen molar-refractivity contribution in [2.24, 2.45) is 5.92 Å². The molecule has 176 valence electrons. The number of amides is 2. The largest absolute Gasteiger partial charge is 0.457 e. The molecular weight excluding hydrogens is 424 g/mol. The monoisotopic (exact) mass is 456 g/mol. The number of nitrogens with zero attached hydrogens (tertiary/aromatic N) is 1. The molecular formula is C29H32N2O3. The average Bonchev–Trinajstić information content (AvgIpc) is 3.16. The van der Waals surface area contributed by atoms with Crippen molar-refractivity contribution in [3.63, 3.8) is 0 Å².